The van der Waals surface area contributed by atoms with E-state index in [1.54, 1.807) is 0 Å². The van der Waals surface area contributed by atoms with Crippen molar-refractivity contribution in [2.24, 2.45) is 17.8 Å². The zero-order valence-corrected chi connectivity index (χ0v) is 15.6. The van der Waals surface area contributed by atoms with Gasteiger partial charge in [-0.2, -0.15) is 5.10 Å². The lowest BCUT2D eigenvalue weighted by molar-refractivity contribution is -0.122. The minimum atomic E-state index is -0.427. The van der Waals surface area contributed by atoms with Crippen molar-refractivity contribution < 1.29 is 13.9 Å². The highest BCUT2D eigenvalue weighted by molar-refractivity contribution is 5.75. The fourth-order valence-corrected chi connectivity index (χ4v) is 4.15. The first kappa shape index (κ1) is 18.4. The summed E-state index contributed by atoms with van der Waals surface area (Å²) < 4.78 is 19.7. The lowest BCUT2D eigenvalue weighted by Crippen LogP contribution is -2.36. The van der Waals surface area contributed by atoms with E-state index in [2.05, 4.69) is 22.6 Å². The second-order valence-electron chi connectivity index (χ2n) is 7.40. The molecule has 1 fully saturated rings. The van der Waals surface area contributed by atoms with Gasteiger partial charge in [0.2, 0.25) is 5.91 Å². The first-order valence-corrected chi connectivity index (χ1v) is 9.40. The van der Waals surface area contributed by atoms with Gasteiger partial charge in [-0.3, -0.25) is 9.59 Å². The van der Waals surface area contributed by atoms with Crippen LogP contribution in [0.25, 0.3) is 11.3 Å². The number of nitrogens with one attached hydrogen (secondary N) is 1. The summed E-state index contributed by atoms with van der Waals surface area (Å²) in [7, 11) is 1.44. The smallest absolute Gasteiger partial charge is 0.267 e. The van der Waals surface area contributed by atoms with E-state index in [1.165, 1.54) is 43.9 Å². The number of hydrogen-bond donors (Lipinski definition) is 1. The molecule has 3 unspecified atom stereocenters. The van der Waals surface area contributed by atoms with Crippen LogP contribution in [-0.2, 0) is 11.3 Å². The van der Waals surface area contributed by atoms with Gasteiger partial charge in [-0.1, -0.05) is 12.2 Å². The van der Waals surface area contributed by atoms with Gasteiger partial charge < -0.3 is 10.1 Å². The molecule has 3 atom stereocenters. The van der Waals surface area contributed by atoms with E-state index in [0.29, 0.717) is 41.3 Å². The van der Waals surface area contributed by atoms with Crippen LogP contribution < -0.4 is 15.6 Å². The summed E-state index contributed by atoms with van der Waals surface area (Å²) in [4.78, 5) is 24.5. The minimum absolute atomic E-state index is 0.160. The SMILES string of the molecule is COc1cc(F)ccc1-c1ccc(=O)n(CC(=O)NCC2CC3C=CC2C3)n1. The van der Waals surface area contributed by atoms with Crippen LogP contribution >= 0.6 is 0 Å². The van der Waals surface area contributed by atoms with Crippen molar-refractivity contribution in [2.45, 2.75) is 19.4 Å². The van der Waals surface area contributed by atoms with E-state index in [-0.39, 0.29) is 18.0 Å². The number of carbonyl (C=O) groups excluding carboxylic acids is 1. The molecule has 2 aromatic rings. The van der Waals surface area contributed by atoms with Gasteiger partial charge in [0, 0.05) is 24.2 Å². The summed E-state index contributed by atoms with van der Waals surface area (Å²) in [6.07, 6.45) is 6.81. The molecule has 1 aromatic carbocycles. The molecule has 6 nitrogen and oxygen atoms in total. The lowest BCUT2D eigenvalue weighted by atomic mass is 9.94. The van der Waals surface area contributed by atoms with E-state index >= 15 is 0 Å². The minimum Gasteiger partial charge on any atom is -0.496 e. The van der Waals surface area contributed by atoms with Crippen molar-refractivity contribution in [1.82, 2.24) is 15.1 Å². The third-order valence-corrected chi connectivity index (χ3v) is 5.58. The molecule has 1 N–H and O–H groups in total. The number of allylic oxidation sites excluding steroid dienone is 2. The maximum Gasteiger partial charge on any atom is 0.267 e. The van der Waals surface area contributed by atoms with Gasteiger partial charge in [-0.25, -0.2) is 9.07 Å². The third kappa shape index (κ3) is 3.69. The van der Waals surface area contributed by atoms with Crippen LogP contribution in [-0.4, -0.2) is 29.3 Å². The highest BCUT2D eigenvalue weighted by Gasteiger charge is 2.35. The molecule has 0 aliphatic heterocycles. The number of hydrogen-bond acceptors (Lipinski definition) is 4. The fraction of sp³-hybridized carbons (Fsp3) is 0.381. The monoisotopic (exact) mass is 383 g/mol. The van der Waals surface area contributed by atoms with Gasteiger partial charge in [-0.15, -0.1) is 0 Å². The predicted octanol–water partition coefficient (Wildman–Crippen LogP) is 2.39. The number of aromatic nitrogens is 2. The Morgan fingerprint density at radius 3 is 2.86 bits per heavy atom. The Hall–Kier alpha value is -2.96. The number of halogens is 1. The van der Waals surface area contributed by atoms with Gasteiger partial charge in [-0.05, 0) is 48.8 Å². The Morgan fingerprint density at radius 2 is 2.14 bits per heavy atom. The van der Waals surface area contributed by atoms with Gasteiger partial charge in [0.1, 0.15) is 18.1 Å². The molecule has 1 heterocycles. The van der Waals surface area contributed by atoms with Crippen LogP contribution in [0, 0.1) is 23.6 Å². The Labute approximate surface area is 162 Å². The molecule has 1 aromatic heterocycles. The Balaban J connectivity index is 1.46. The van der Waals surface area contributed by atoms with Crippen LogP contribution in [0.1, 0.15) is 12.8 Å². The van der Waals surface area contributed by atoms with Gasteiger partial charge in [0.25, 0.3) is 5.56 Å². The molecule has 0 radical (unpaired) electrons. The third-order valence-electron chi connectivity index (χ3n) is 5.58. The summed E-state index contributed by atoms with van der Waals surface area (Å²) in [5.74, 6) is 1.32. The molecular formula is C21H22FN3O3. The summed E-state index contributed by atoms with van der Waals surface area (Å²) in [6.45, 7) is 0.456. The second-order valence-corrected chi connectivity index (χ2v) is 7.40. The molecule has 7 heteroatoms. The Bertz CT molecular complexity index is 985. The first-order valence-electron chi connectivity index (χ1n) is 9.40. The van der Waals surface area contributed by atoms with Gasteiger partial charge in [0.15, 0.2) is 0 Å². The molecule has 0 saturated heterocycles. The summed E-state index contributed by atoms with van der Waals surface area (Å²) in [6, 6.07) is 6.97. The molecule has 1 amide bonds. The average Bonchev–Trinajstić information content (AvgIpc) is 3.31. The predicted molar refractivity (Wildman–Crippen MR) is 102 cm³/mol. The lowest BCUT2D eigenvalue weighted by Gasteiger charge is -2.18. The molecule has 2 bridgehead atoms. The van der Waals surface area contributed by atoms with E-state index < -0.39 is 5.82 Å². The fourth-order valence-electron chi connectivity index (χ4n) is 4.15. The topological polar surface area (TPSA) is 73.2 Å². The van der Waals surface area contributed by atoms with Crippen molar-refractivity contribution in [1.29, 1.82) is 0 Å². The van der Waals surface area contributed by atoms with Crippen LogP contribution in [0.15, 0.2) is 47.3 Å². The zero-order valence-electron chi connectivity index (χ0n) is 15.6. The van der Waals surface area contributed by atoms with Crippen molar-refractivity contribution >= 4 is 5.91 Å². The standard InChI is InChI=1S/C21H22FN3O3/c1-28-19-10-16(22)4-5-17(19)18-6-7-21(27)25(24-18)12-20(26)23-11-15-9-13-2-3-14(15)8-13/h2-7,10,13-15H,8-9,11-12H2,1H3,(H,23,26). The molecule has 28 heavy (non-hydrogen) atoms. The number of fused-ring (bicyclic) bond motifs is 2. The van der Waals surface area contributed by atoms with E-state index in [1.807, 2.05) is 0 Å². The van der Waals surface area contributed by atoms with Crippen molar-refractivity contribution in [3.63, 3.8) is 0 Å². The number of nitrogens with zero attached hydrogens (tertiary/aromatic N) is 2. The molecule has 4 rings (SSSR count). The summed E-state index contributed by atoms with van der Waals surface area (Å²) in [5, 5.41) is 7.20. The number of methoxy groups -OCH3 is 1. The van der Waals surface area contributed by atoms with Gasteiger partial charge in [0.05, 0.1) is 12.8 Å². The Kier molecular flexibility index (Phi) is 4.98. The van der Waals surface area contributed by atoms with Crippen molar-refractivity contribution in [3.8, 4) is 17.0 Å². The van der Waals surface area contributed by atoms with Crippen LogP contribution in [0.5, 0.6) is 5.75 Å². The highest BCUT2D eigenvalue weighted by Crippen LogP contribution is 2.42. The number of rotatable bonds is 6. The van der Waals surface area contributed by atoms with Crippen LogP contribution in [0.4, 0.5) is 4.39 Å². The normalized spacial score (nSPS) is 22.4. The number of carbonyl (C=O) groups is 1. The molecular weight excluding hydrogens is 361 g/mol. The van der Waals surface area contributed by atoms with Crippen molar-refractivity contribution in [2.75, 3.05) is 13.7 Å². The van der Waals surface area contributed by atoms with Crippen LogP contribution in [0.2, 0.25) is 0 Å². The summed E-state index contributed by atoms with van der Waals surface area (Å²) in [5.41, 5.74) is 0.608. The maximum atomic E-state index is 13.4. The molecule has 2 aliphatic carbocycles. The van der Waals surface area contributed by atoms with Crippen molar-refractivity contribution in [3.05, 3.63) is 58.7 Å². The number of amides is 1. The highest BCUT2D eigenvalue weighted by atomic mass is 19.1. The molecule has 1 saturated carbocycles. The summed E-state index contributed by atoms with van der Waals surface area (Å²) >= 11 is 0. The Morgan fingerprint density at radius 1 is 1.29 bits per heavy atom. The molecule has 0 spiro atoms. The van der Waals surface area contributed by atoms with E-state index in [0.717, 1.165) is 11.1 Å². The van der Waals surface area contributed by atoms with E-state index in [4.69, 9.17) is 4.74 Å². The largest absolute Gasteiger partial charge is 0.496 e. The number of ether oxygens (including phenoxy) is 1. The van der Waals surface area contributed by atoms with Gasteiger partial charge >= 0.3 is 0 Å². The van der Waals surface area contributed by atoms with Crippen LogP contribution in [0.3, 0.4) is 0 Å². The number of benzene rings is 1. The molecule has 2 aliphatic rings. The first-order chi connectivity index (χ1) is 13.5. The zero-order chi connectivity index (χ0) is 19.7. The average molecular weight is 383 g/mol. The quantitative estimate of drug-likeness (QED) is 0.778. The van der Waals surface area contributed by atoms with E-state index in [9.17, 15) is 14.0 Å². The maximum absolute atomic E-state index is 13.4. The second kappa shape index (κ2) is 7.58. The molecule has 146 valence electrons.